The number of carbonyl (C=O) groups is 2. The van der Waals surface area contributed by atoms with Gasteiger partial charge < -0.3 is 15.2 Å². The summed E-state index contributed by atoms with van der Waals surface area (Å²) in [7, 11) is 0. The number of amides is 2. The van der Waals surface area contributed by atoms with Crippen LogP contribution in [0.1, 0.15) is 48.7 Å². The predicted octanol–water partition coefficient (Wildman–Crippen LogP) is 3.14. The quantitative estimate of drug-likeness (QED) is 0.894. The number of aromatic nitrogens is 1. The number of likely N-dealkylation sites (tertiary alicyclic amines) is 1. The van der Waals surface area contributed by atoms with E-state index in [4.69, 9.17) is 0 Å². The number of hydrogen-bond acceptors (Lipinski definition) is 2. The van der Waals surface area contributed by atoms with Crippen LogP contribution in [0.4, 0.5) is 4.39 Å². The maximum atomic E-state index is 13.9. The van der Waals surface area contributed by atoms with Crippen molar-refractivity contribution in [2.75, 3.05) is 13.1 Å². The van der Waals surface area contributed by atoms with Crippen molar-refractivity contribution in [3.8, 4) is 0 Å². The minimum absolute atomic E-state index is 0.0473. The lowest BCUT2D eigenvalue weighted by molar-refractivity contribution is -0.130. The number of para-hydroxylation sites is 1. The lowest BCUT2D eigenvalue weighted by atomic mass is 10.1. The van der Waals surface area contributed by atoms with Gasteiger partial charge in [-0.25, -0.2) is 4.39 Å². The van der Waals surface area contributed by atoms with E-state index < -0.39 is 0 Å². The fourth-order valence-corrected chi connectivity index (χ4v) is 3.49. The second-order valence-electron chi connectivity index (χ2n) is 6.67. The van der Waals surface area contributed by atoms with Crippen molar-refractivity contribution in [2.24, 2.45) is 0 Å². The van der Waals surface area contributed by atoms with Crippen LogP contribution in [-0.2, 0) is 4.79 Å². The summed E-state index contributed by atoms with van der Waals surface area (Å²) >= 11 is 0. The number of carbonyl (C=O) groups excluding carboxylic acids is 2. The lowest BCUT2D eigenvalue weighted by Crippen LogP contribution is -2.36. The number of benzene rings is 1. The summed E-state index contributed by atoms with van der Waals surface area (Å²) in [6.07, 6.45) is 2.76. The number of nitrogens with one attached hydrogen (secondary N) is 2. The average Bonchev–Trinajstić information content (AvgIpc) is 2.84. The van der Waals surface area contributed by atoms with Crippen molar-refractivity contribution in [3.63, 3.8) is 0 Å². The number of hydrogen-bond donors (Lipinski definition) is 2. The molecule has 0 spiro atoms. The second kappa shape index (κ2) is 7.25. The molecule has 2 amide bonds. The van der Waals surface area contributed by atoms with E-state index in [1.54, 1.807) is 12.1 Å². The van der Waals surface area contributed by atoms with E-state index >= 15 is 0 Å². The molecule has 0 saturated carbocycles. The summed E-state index contributed by atoms with van der Waals surface area (Å²) in [4.78, 5) is 29.5. The molecule has 134 valence electrons. The fourth-order valence-electron chi connectivity index (χ4n) is 3.49. The maximum absolute atomic E-state index is 13.9. The molecule has 1 atom stereocenters. The minimum atomic E-state index is -0.366. The molecule has 0 aliphatic carbocycles. The molecule has 1 aromatic carbocycles. The van der Waals surface area contributed by atoms with Gasteiger partial charge in [0.05, 0.1) is 5.52 Å². The topological polar surface area (TPSA) is 65.2 Å². The van der Waals surface area contributed by atoms with Gasteiger partial charge in [-0.15, -0.1) is 0 Å². The summed E-state index contributed by atoms with van der Waals surface area (Å²) in [6, 6.07) is 4.76. The smallest absolute Gasteiger partial charge is 0.268 e. The Morgan fingerprint density at radius 3 is 2.92 bits per heavy atom. The Hall–Kier alpha value is -2.37. The van der Waals surface area contributed by atoms with E-state index in [2.05, 4.69) is 17.2 Å². The zero-order chi connectivity index (χ0) is 18.0. The van der Waals surface area contributed by atoms with Gasteiger partial charge in [-0.2, -0.15) is 0 Å². The van der Waals surface area contributed by atoms with Crippen LogP contribution in [0.5, 0.6) is 0 Å². The minimum Gasteiger partial charge on any atom is -0.348 e. The van der Waals surface area contributed by atoms with Crippen molar-refractivity contribution >= 4 is 22.7 Å². The van der Waals surface area contributed by atoms with Crippen LogP contribution in [0.15, 0.2) is 18.2 Å². The third-order valence-corrected chi connectivity index (χ3v) is 4.91. The molecule has 1 aliphatic heterocycles. The van der Waals surface area contributed by atoms with Crippen molar-refractivity contribution < 1.29 is 14.0 Å². The maximum Gasteiger partial charge on any atom is 0.268 e. The fraction of sp³-hybridized carbons (Fsp3) is 0.474. The summed E-state index contributed by atoms with van der Waals surface area (Å²) < 4.78 is 13.9. The number of fused-ring (bicyclic) bond motifs is 1. The Morgan fingerprint density at radius 1 is 1.40 bits per heavy atom. The molecule has 0 bridgehead atoms. The number of rotatable bonds is 4. The molecule has 5 nitrogen and oxygen atoms in total. The summed E-state index contributed by atoms with van der Waals surface area (Å²) in [5, 5.41) is 3.73. The monoisotopic (exact) mass is 345 g/mol. The van der Waals surface area contributed by atoms with E-state index in [0.29, 0.717) is 30.6 Å². The molecule has 1 fully saturated rings. The molecule has 1 aliphatic rings. The van der Waals surface area contributed by atoms with Crippen LogP contribution in [0.3, 0.4) is 0 Å². The van der Waals surface area contributed by atoms with Crippen LogP contribution < -0.4 is 5.32 Å². The number of halogens is 1. The predicted molar refractivity (Wildman–Crippen MR) is 95.0 cm³/mol. The lowest BCUT2D eigenvalue weighted by Gasteiger charge is -2.20. The van der Waals surface area contributed by atoms with Crippen LogP contribution in [-0.4, -0.2) is 40.8 Å². The van der Waals surface area contributed by atoms with Crippen LogP contribution in [0, 0.1) is 12.7 Å². The molecule has 3 rings (SSSR count). The highest BCUT2D eigenvalue weighted by Gasteiger charge is 2.24. The first-order valence-electron chi connectivity index (χ1n) is 8.86. The highest BCUT2D eigenvalue weighted by molar-refractivity contribution is 6.01. The van der Waals surface area contributed by atoms with Crippen molar-refractivity contribution in [1.29, 1.82) is 0 Å². The van der Waals surface area contributed by atoms with Gasteiger partial charge in [0.15, 0.2) is 0 Å². The van der Waals surface area contributed by atoms with Crippen molar-refractivity contribution in [2.45, 2.75) is 45.6 Å². The number of nitrogens with zero attached hydrogens (tertiary/aromatic N) is 1. The van der Waals surface area contributed by atoms with E-state index in [9.17, 15) is 14.0 Å². The van der Waals surface area contributed by atoms with Crippen LogP contribution >= 0.6 is 0 Å². The first kappa shape index (κ1) is 17.5. The van der Waals surface area contributed by atoms with Gasteiger partial charge in [0.1, 0.15) is 11.5 Å². The Balaban J connectivity index is 1.73. The first-order chi connectivity index (χ1) is 12.0. The molecule has 2 N–H and O–H groups in total. The average molecular weight is 345 g/mol. The molecular formula is C19H24FN3O2. The van der Waals surface area contributed by atoms with Crippen LogP contribution in [0.25, 0.3) is 10.9 Å². The van der Waals surface area contributed by atoms with Gasteiger partial charge in [0.2, 0.25) is 5.91 Å². The number of H-pyrrole nitrogens is 1. The standard InChI is InChI=1S/C19H24FN3O2/c1-3-10-23-11-9-13(7-8-16(23)24)21-19(25)17-12(2)14-5-4-6-15(20)18(14)22-17/h4-6,13,22H,3,7-11H2,1-2H3,(H,21,25). The highest BCUT2D eigenvalue weighted by atomic mass is 19.1. The largest absolute Gasteiger partial charge is 0.348 e. The summed E-state index contributed by atoms with van der Waals surface area (Å²) in [5.74, 6) is -0.452. The Labute approximate surface area is 146 Å². The molecule has 1 aromatic heterocycles. The third-order valence-electron chi connectivity index (χ3n) is 4.91. The first-order valence-corrected chi connectivity index (χ1v) is 8.86. The van der Waals surface area contributed by atoms with Gasteiger partial charge in [0, 0.05) is 30.9 Å². The Morgan fingerprint density at radius 2 is 2.20 bits per heavy atom. The zero-order valence-corrected chi connectivity index (χ0v) is 14.7. The van der Waals surface area contributed by atoms with Gasteiger partial charge >= 0.3 is 0 Å². The van der Waals surface area contributed by atoms with E-state index in [1.807, 2.05) is 11.8 Å². The molecule has 2 aromatic rings. The van der Waals surface area contributed by atoms with E-state index in [0.717, 1.165) is 30.3 Å². The summed E-state index contributed by atoms with van der Waals surface area (Å²) in [5.41, 5.74) is 1.49. The van der Waals surface area contributed by atoms with Gasteiger partial charge in [0.25, 0.3) is 5.91 Å². The van der Waals surface area contributed by atoms with Crippen molar-refractivity contribution in [1.82, 2.24) is 15.2 Å². The van der Waals surface area contributed by atoms with Crippen LogP contribution in [0.2, 0.25) is 0 Å². The van der Waals surface area contributed by atoms with Gasteiger partial charge in [-0.05, 0) is 37.8 Å². The van der Waals surface area contributed by atoms with Crippen molar-refractivity contribution in [3.05, 3.63) is 35.3 Å². The Kier molecular flexibility index (Phi) is 5.06. The normalized spacial score (nSPS) is 18.4. The molecule has 1 unspecified atom stereocenters. The third kappa shape index (κ3) is 3.52. The molecule has 6 heteroatoms. The highest BCUT2D eigenvalue weighted by Crippen LogP contribution is 2.24. The molecule has 1 saturated heterocycles. The van der Waals surface area contributed by atoms with E-state index in [-0.39, 0.29) is 23.7 Å². The van der Waals surface area contributed by atoms with Gasteiger partial charge in [-0.3, -0.25) is 9.59 Å². The van der Waals surface area contributed by atoms with Gasteiger partial charge in [-0.1, -0.05) is 19.1 Å². The molecule has 0 radical (unpaired) electrons. The number of aryl methyl sites for hydroxylation is 1. The molecular weight excluding hydrogens is 321 g/mol. The summed E-state index contributed by atoms with van der Waals surface area (Å²) in [6.45, 7) is 5.29. The SMILES string of the molecule is CCCN1CCC(NC(=O)c2[nH]c3c(F)cccc3c2C)CCC1=O. The Bertz CT molecular complexity index is 799. The molecule has 2 heterocycles. The zero-order valence-electron chi connectivity index (χ0n) is 14.7. The van der Waals surface area contributed by atoms with E-state index in [1.165, 1.54) is 6.07 Å². The second-order valence-corrected chi connectivity index (χ2v) is 6.67. The molecule has 25 heavy (non-hydrogen) atoms. The number of aromatic amines is 1.